The van der Waals surface area contributed by atoms with Crippen LogP contribution in [0.4, 0.5) is 11.4 Å². The molecule has 0 fully saturated rings. The van der Waals surface area contributed by atoms with Crippen LogP contribution in [-0.2, 0) is 13.5 Å². The second kappa shape index (κ2) is 5.54. The Morgan fingerprint density at radius 2 is 2.25 bits per heavy atom. The summed E-state index contributed by atoms with van der Waals surface area (Å²) >= 11 is 0. The molecule has 106 valence electrons. The van der Waals surface area contributed by atoms with Crippen LogP contribution in [0.5, 0.6) is 0 Å². The minimum absolute atomic E-state index is 0. The lowest BCUT2D eigenvalue weighted by Crippen LogP contribution is -2.12. The molecule has 1 aromatic heterocycles. The average Bonchev–Trinajstić information content (AvgIpc) is 2.94. The molecule has 0 saturated carbocycles. The number of carbonyl (C=O) groups is 1. The molecule has 0 saturated heterocycles. The fraction of sp³-hybridized carbons (Fsp3) is 0.286. The van der Waals surface area contributed by atoms with Crippen molar-refractivity contribution in [3.8, 4) is 0 Å². The smallest absolute Gasteiger partial charge is 0.259 e. The van der Waals surface area contributed by atoms with Crippen molar-refractivity contribution < 1.29 is 4.79 Å². The number of nitrogens with zero attached hydrogens (tertiary/aromatic N) is 2. The van der Waals surface area contributed by atoms with E-state index in [9.17, 15) is 4.79 Å². The summed E-state index contributed by atoms with van der Waals surface area (Å²) in [7, 11) is 1.81. The van der Waals surface area contributed by atoms with Crippen LogP contribution in [0, 0.1) is 6.92 Å². The van der Waals surface area contributed by atoms with Gasteiger partial charge in [0, 0.05) is 31.2 Å². The molecule has 1 aliphatic heterocycles. The molecule has 5 nitrogen and oxygen atoms in total. The highest BCUT2D eigenvalue weighted by Gasteiger charge is 2.14. The highest BCUT2D eigenvalue weighted by Crippen LogP contribution is 2.25. The molecule has 0 radical (unpaired) electrons. The Kier molecular flexibility index (Phi) is 3.99. The first kappa shape index (κ1) is 14.4. The summed E-state index contributed by atoms with van der Waals surface area (Å²) in [5, 5.41) is 10.4. The van der Waals surface area contributed by atoms with E-state index in [0.717, 1.165) is 30.0 Å². The van der Waals surface area contributed by atoms with Gasteiger partial charge in [0.05, 0.1) is 11.3 Å². The molecule has 2 aromatic rings. The SMILES string of the molecule is Cc1nn(C)cc1C(=O)Nc1ccc2c(c1)CCN2.Cl. The van der Waals surface area contributed by atoms with Gasteiger partial charge in [-0.15, -0.1) is 12.4 Å². The van der Waals surface area contributed by atoms with Crippen molar-refractivity contribution in [2.24, 2.45) is 7.05 Å². The van der Waals surface area contributed by atoms with E-state index in [1.54, 1.807) is 10.9 Å². The zero-order valence-corrected chi connectivity index (χ0v) is 12.3. The number of hydrogen-bond acceptors (Lipinski definition) is 3. The summed E-state index contributed by atoms with van der Waals surface area (Å²) in [6.07, 6.45) is 2.74. The summed E-state index contributed by atoms with van der Waals surface area (Å²) in [6.45, 7) is 2.80. The maximum atomic E-state index is 12.2. The molecule has 1 aromatic carbocycles. The third kappa shape index (κ3) is 2.63. The quantitative estimate of drug-likeness (QED) is 0.893. The molecular formula is C14H17ClN4O. The van der Waals surface area contributed by atoms with Crippen molar-refractivity contribution in [1.82, 2.24) is 9.78 Å². The number of anilines is 2. The van der Waals surface area contributed by atoms with Crippen LogP contribution in [0.15, 0.2) is 24.4 Å². The van der Waals surface area contributed by atoms with Crippen LogP contribution in [0.25, 0.3) is 0 Å². The van der Waals surface area contributed by atoms with Crippen LogP contribution in [0.3, 0.4) is 0 Å². The van der Waals surface area contributed by atoms with E-state index in [2.05, 4.69) is 15.7 Å². The van der Waals surface area contributed by atoms with Crippen LogP contribution < -0.4 is 10.6 Å². The van der Waals surface area contributed by atoms with E-state index in [1.165, 1.54) is 5.56 Å². The number of hydrogen-bond donors (Lipinski definition) is 2. The second-order valence-corrected chi connectivity index (χ2v) is 4.80. The highest BCUT2D eigenvalue weighted by atomic mass is 35.5. The van der Waals surface area contributed by atoms with Gasteiger partial charge in [-0.1, -0.05) is 0 Å². The Morgan fingerprint density at radius 1 is 1.45 bits per heavy atom. The van der Waals surface area contributed by atoms with Crippen LogP contribution in [0.1, 0.15) is 21.6 Å². The van der Waals surface area contributed by atoms with Gasteiger partial charge < -0.3 is 10.6 Å². The van der Waals surface area contributed by atoms with Gasteiger partial charge in [0.25, 0.3) is 5.91 Å². The maximum absolute atomic E-state index is 12.2. The van der Waals surface area contributed by atoms with Crippen molar-refractivity contribution in [1.29, 1.82) is 0 Å². The minimum Gasteiger partial charge on any atom is -0.384 e. The van der Waals surface area contributed by atoms with Crippen molar-refractivity contribution in [3.63, 3.8) is 0 Å². The summed E-state index contributed by atoms with van der Waals surface area (Å²) in [6, 6.07) is 5.95. The van der Waals surface area contributed by atoms with E-state index in [4.69, 9.17) is 0 Å². The van der Waals surface area contributed by atoms with Crippen LogP contribution in [0.2, 0.25) is 0 Å². The lowest BCUT2D eigenvalue weighted by atomic mass is 10.1. The van der Waals surface area contributed by atoms with E-state index in [0.29, 0.717) is 5.56 Å². The number of nitrogens with one attached hydrogen (secondary N) is 2. The zero-order chi connectivity index (χ0) is 13.4. The first-order valence-corrected chi connectivity index (χ1v) is 6.32. The van der Waals surface area contributed by atoms with Gasteiger partial charge in [-0.3, -0.25) is 9.48 Å². The van der Waals surface area contributed by atoms with Crippen molar-refractivity contribution >= 4 is 29.7 Å². The van der Waals surface area contributed by atoms with Crippen molar-refractivity contribution in [2.45, 2.75) is 13.3 Å². The molecule has 1 aliphatic rings. The number of carbonyl (C=O) groups excluding carboxylic acids is 1. The van der Waals surface area contributed by atoms with Gasteiger partial charge in [0.15, 0.2) is 0 Å². The third-order valence-corrected chi connectivity index (χ3v) is 3.33. The molecule has 2 N–H and O–H groups in total. The number of benzene rings is 1. The predicted molar refractivity (Wildman–Crippen MR) is 81.8 cm³/mol. The molecule has 2 heterocycles. The van der Waals surface area contributed by atoms with E-state index < -0.39 is 0 Å². The van der Waals surface area contributed by atoms with Gasteiger partial charge >= 0.3 is 0 Å². The standard InChI is InChI=1S/C14H16N4O.ClH/c1-9-12(8-18(2)17-9)14(19)16-11-3-4-13-10(7-11)5-6-15-13;/h3-4,7-8,15H,5-6H2,1-2H3,(H,16,19);1H. The summed E-state index contributed by atoms with van der Waals surface area (Å²) in [5.74, 6) is -0.114. The fourth-order valence-electron chi connectivity index (χ4n) is 2.40. The molecule has 1 amide bonds. The van der Waals surface area contributed by atoms with Gasteiger partial charge in [-0.25, -0.2) is 0 Å². The predicted octanol–water partition coefficient (Wildman–Crippen LogP) is 2.37. The summed E-state index contributed by atoms with van der Waals surface area (Å²) < 4.78 is 1.65. The Hall–Kier alpha value is -2.01. The first-order chi connectivity index (χ1) is 9.13. The Bertz CT molecular complexity index is 651. The molecule has 0 aliphatic carbocycles. The lowest BCUT2D eigenvalue weighted by molar-refractivity contribution is 0.102. The normalized spacial score (nSPS) is 12.3. The number of rotatable bonds is 2. The summed E-state index contributed by atoms with van der Waals surface area (Å²) in [5.41, 5.74) is 4.59. The first-order valence-electron chi connectivity index (χ1n) is 6.32. The van der Waals surface area contributed by atoms with Crippen LogP contribution in [-0.4, -0.2) is 22.2 Å². The number of amides is 1. The number of fused-ring (bicyclic) bond motifs is 1. The number of aryl methyl sites for hydroxylation is 2. The Balaban J connectivity index is 0.00000147. The number of halogens is 1. The molecule has 0 atom stereocenters. The van der Waals surface area contributed by atoms with Gasteiger partial charge in [-0.05, 0) is 37.1 Å². The fourth-order valence-corrected chi connectivity index (χ4v) is 2.40. The van der Waals surface area contributed by atoms with Gasteiger partial charge in [0.1, 0.15) is 0 Å². The summed E-state index contributed by atoms with van der Waals surface area (Å²) in [4.78, 5) is 12.2. The van der Waals surface area contributed by atoms with Crippen LogP contribution >= 0.6 is 12.4 Å². The lowest BCUT2D eigenvalue weighted by Gasteiger charge is -2.06. The van der Waals surface area contributed by atoms with Gasteiger partial charge in [-0.2, -0.15) is 5.10 Å². The average molecular weight is 293 g/mol. The zero-order valence-electron chi connectivity index (χ0n) is 11.4. The topological polar surface area (TPSA) is 59.0 Å². The largest absolute Gasteiger partial charge is 0.384 e. The van der Waals surface area contributed by atoms with Crippen molar-refractivity contribution in [2.75, 3.05) is 17.2 Å². The van der Waals surface area contributed by atoms with E-state index >= 15 is 0 Å². The molecule has 0 unspecified atom stereocenters. The van der Waals surface area contributed by atoms with Gasteiger partial charge in [0.2, 0.25) is 0 Å². The Labute approximate surface area is 123 Å². The molecule has 6 heteroatoms. The molecule has 0 spiro atoms. The number of aromatic nitrogens is 2. The second-order valence-electron chi connectivity index (χ2n) is 4.80. The maximum Gasteiger partial charge on any atom is 0.259 e. The van der Waals surface area contributed by atoms with E-state index in [-0.39, 0.29) is 18.3 Å². The molecular weight excluding hydrogens is 276 g/mol. The monoisotopic (exact) mass is 292 g/mol. The van der Waals surface area contributed by atoms with E-state index in [1.807, 2.05) is 32.2 Å². The highest BCUT2D eigenvalue weighted by molar-refractivity contribution is 6.05. The minimum atomic E-state index is -0.114. The third-order valence-electron chi connectivity index (χ3n) is 3.33. The Morgan fingerprint density at radius 3 is 2.95 bits per heavy atom. The molecule has 3 rings (SSSR count). The molecule has 20 heavy (non-hydrogen) atoms. The molecule has 0 bridgehead atoms. The van der Waals surface area contributed by atoms with Crippen molar-refractivity contribution in [3.05, 3.63) is 41.2 Å².